The fourth-order valence-corrected chi connectivity index (χ4v) is 5.02. The van der Waals surface area contributed by atoms with Crippen LogP contribution in [-0.4, -0.2) is 61.3 Å². The van der Waals surface area contributed by atoms with Gasteiger partial charge in [0.1, 0.15) is 15.4 Å². The zero-order valence-electron chi connectivity index (χ0n) is 21.2. The summed E-state index contributed by atoms with van der Waals surface area (Å²) in [7, 11) is 9.10. The summed E-state index contributed by atoms with van der Waals surface area (Å²) < 4.78 is 11.7. The molecule has 0 amide bonds. The standard InChI is InChI=1S/C25H54NO2Si.ClH/c1-6-7-8-9-10-11-12-13-16-19-22-26(2,3)23-20-17-14-15-18-21-24-29-25(27-4)28-5;/h25H,6-24H2,1-5H3;1H/q+1;/p-1. The Labute approximate surface area is 198 Å². The number of quaternary nitrogens is 1. The molecule has 0 saturated carbocycles. The van der Waals surface area contributed by atoms with E-state index < -0.39 is 0 Å². The molecule has 0 rings (SSSR count). The Morgan fingerprint density at radius 1 is 0.600 bits per heavy atom. The Kier molecular flexibility index (Phi) is 26.1. The fraction of sp³-hybridized carbons (Fsp3) is 1.00. The van der Waals surface area contributed by atoms with E-state index in [1.54, 1.807) is 14.2 Å². The number of unbranched alkanes of at least 4 members (excludes halogenated alkanes) is 14. The molecule has 30 heavy (non-hydrogen) atoms. The van der Waals surface area contributed by atoms with E-state index in [1.165, 1.54) is 126 Å². The van der Waals surface area contributed by atoms with E-state index in [9.17, 15) is 0 Å². The van der Waals surface area contributed by atoms with Gasteiger partial charge in [-0.3, -0.25) is 0 Å². The number of ether oxygens (including phenoxy) is 2. The van der Waals surface area contributed by atoms with Crippen LogP contribution >= 0.6 is 0 Å². The van der Waals surface area contributed by atoms with Crippen molar-refractivity contribution in [1.82, 2.24) is 0 Å². The molecule has 0 unspecified atom stereocenters. The molecule has 5 heteroatoms. The summed E-state index contributed by atoms with van der Waals surface area (Å²) in [5, 5.41) is 0. The third-order valence-electron chi connectivity index (χ3n) is 6.05. The molecule has 0 aliphatic carbocycles. The summed E-state index contributed by atoms with van der Waals surface area (Å²) in [5.74, 6) is 0.0190. The molecular weight excluding hydrogens is 410 g/mol. The van der Waals surface area contributed by atoms with E-state index in [4.69, 9.17) is 9.47 Å². The van der Waals surface area contributed by atoms with E-state index in [0.29, 0.717) is 0 Å². The largest absolute Gasteiger partial charge is 1.00 e. The van der Waals surface area contributed by atoms with Crippen LogP contribution < -0.4 is 12.4 Å². The second kappa shape index (κ2) is 24.0. The third-order valence-corrected chi connectivity index (χ3v) is 7.49. The average molecular weight is 464 g/mol. The van der Waals surface area contributed by atoms with Crippen LogP contribution in [0, 0.1) is 0 Å². The lowest BCUT2D eigenvalue weighted by atomic mass is 10.1. The molecule has 0 aliphatic rings. The third kappa shape index (κ3) is 23.1. The van der Waals surface area contributed by atoms with Gasteiger partial charge >= 0.3 is 0 Å². The average Bonchev–Trinajstić information content (AvgIpc) is 2.71. The Bertz CT molecular complexity index is 328. The number of hydrogen-bond acceptors (Lipinski definition) is 2. The van der Waals surface area contributed by atoms with Crippen molar-refractivity contribution in [3.63, 3.8) is 0 Å². The summed E-state index contributed by atoms with van der Waals surface area (Å²) in [6, 6.07) is 1.25. The van der Waals surface area contributed by atoms with Crippen LogP contribution in [0.25, 0.3) is 0 Å². The van der Waals surface area contributed by atoms with Crippen LogP contribution in [0.1, 0.15) is 110 Å². The maximum Gasteiger partial charge on any atom is 0.136 e. The number of halogens is 1. The van der Waals surface area contributed by atoms with Gasteiger partial charge in [0.05, 0.1) is 27.2 Å². The molecule has 182 valence electrons. The highest BCUT2D eigenvalue weighted by molar-refractivity contribution is 6.36. The molecule has 3 nitrogen and oxygen atoms in total. The van der Waals surface area contributed by atoms with Crippen LogP contribution in [0.2, 0.25) is 6.04 Å². The van der Waals surface area contributed by atoms with Crippen LogP contribution in [0.3, 0.4) is 0 Å². The summed E-state index contributed by atoms with van der Waals surface area (Å²) >= 11 is 0. The number of nitrogens with zero attached hydrogens (tertiary/aromatic N) is 1. The van der Waals surface area contributed by atoms with Crippen LogP contribution in [0.15, 0.2) is 0 Å². The minimum Gasteiger partial charge on any atom is -1.00 e. The van der Waals surface area contributed by atoms with Crippen molar-refractivity contribution in [2.45, 2.75) is 122 Å². The highest BCUT2D eigenvalue weighted by Gasteiger charge is 2.13. The van der Waals surface area contributed by atoms with Gasteiger partial charge in [-0.05, 0) is 25.7 Å². The van der Waals surface area contributed by atoms with E-state index >= 15 is 0 Å². The van der Waals surface area contributed by atoms with Gasteiger partial charge in [0.15, 0.2) is 0 Å². The minimum atomic E-state index is 0. The summed E-state index contributed by atoms with van der Waals surface area (Å²) in [5.41, 5.74) is 0. The molecule has 0 fully saturated rings. The van der Waals surface area contributed by atoms with Gasteiger partial charge in [-0.1, -0.05) is 90.0 Å². The topological polar surface area (TPSA) is 18.5 Å². The Morgan fingerprint density at radius 3 is 1.37 bits per heavy atom. The van der Waals surface area contributed by atoms with Crippen molar-refractivity contribution in [3.05, 3.63) is 0 Å². The fourth-order valence-electron chi connectivity index (χ4n) is 3.99. The molecule has 0 saturated heterocycles. The van der Waals surface area contributed by atoms with Crippen molar-refractivity contribution >= 4 is 9.52 Å². The first-order valence-corrected chi connectivity index (χ1v) is 13.9. The van der Waals surface area contributed by atoms with Crippen molar-refractivity contribution in [2.75, 3.05) is 41.4 Å². The lowest BCUT2D eigenvalue weighted by Crippen LogP contribution is -3.00. The zero-order valence-corrected chi connectivity index (χ0v) is 22.9. The van der Waals surface area contributed by atoms with Gasteiger partial charge in [-0.15, -0.1) is 0 Å². The smallest absolute Gasteiger partial charge is 0.136 e. The van der Waals surface area contributed by atoms with E-state index in [-0.39, 0.29) is 18.3 Å². The monoisotopic (exact) mass is 463 g/mol. The molecular formula is C25H54ClNO2Si. The second-order valence-corrected chi connectivity index (χ2v) is 10.8. The molecule has 0 aromatic rings. The predicted octanol–water partition coefficient (Wildman–Crippen LogP) is 4.03. The van der Waals surface area contributed by atoms with Crippen molar-refractivity contribution in [3.8, 4) is 0 Å². The minimum absolute atomic E-state index is 0. The van der Waals surface area contributed by atoms with Gasteiger partial charge < -0.3 is 26.4 Å². The maximum atomic E-state index is 5.25. The van der Waals surface area contributed by atoms with Crippen molar-refractivity contribution in [1.29, 1.82) is 0 Å². The van der Waals surface area contributed by atoms with Gasteiger partial charge in [0.25, 0.3) is 0 Å². The SMILES string of the molecule is CCCCCCCCCCCC[N+](C)(C)CCCCCCCC[Si]C(OC)OC.[Cl-]. The molecule has 0 aromatic heterocycles. The molecule has 0 aromatic carbocycles. The summed E-state index contributed by atoms with van der Waals surface area (Å²) in [6.07, 6.45) is 22.6. The van der Waals surface area contributed by atoms with Gasteiger partial charge in [-0.25, -0.2) is 0 Å². The molecule has 0 aliphatic heterocycles. The number of rotatable bonds is 23. The quantitative estimate of drug-likeness (QED) is 0.0985. The van der Waals surface area contributed by atoms with E-state index in [0.717, 1.165) is 9.52 Å². The second-order valence-electron chi connectivity index (χ2n) is 9.44. The van der Waals surface area contributed by atoms with Crippen LogP contribution in [0.5, 0.6) is 0 Å². The van der Waals surface area contributed by atoms with Crippen molar-refractivity contribution in [2.24, 2.45) is 0 Å². The first-order chi connectivity index (χ1) is 14.1. The predicted molar refractivity (Wildman–Crippen MR) is 130 cm³/mol. The summed E-state index contributed by atoms with van der Waals surface area (Å²) in [4.78, 5) is 0. The van der Waals surface area contributed by atoms with Gasteiger partial charge in [-0.2, -0.15) is 0 Å². The van der Waals surface area contributed by atoms with E-state index in [1.807, 2.05) is 0 Å². The van der Waals surface area contributed by atoms with Gasteiger partial charge in [0, 0.05) is 14.2 Å². The van der Waals surface area contributed by atoms with Crippen LogP contribution in [0.4, 0.5) is 0 Å². The molecule has 0 atom stereocenters. The Morgan fingerprint density at radius 2 is 0.967 bits per heavy atom. The first-order valence-electron chi connectivity index (χ1n) is 12.7. The summed E-state index contributed by atoms with van der Waals surface area (Å²) in [6.45, 7) is 5.00. The Hall–Kier alpha value is 0.387. The Balaban J connectivity index is 0. The molecule has 0 heterocycles. The molecule has 0 spiro atoms. The maximum absolute atomic E-state index is 5.25. The lowest BCUT2D eigenvalue weighted by Gasteiger charge is -2.30. The first kappa shape index (κ1) is 32.6. The van der Waals surface area contributed by atoms with Crippen molar-refractivity contribution < 1.29 is 26.4 Å². The van der Waals surface area contributed by atoms with Gasteiger partial charge in [0.2, 0.25) is 0 Å². The normalized spacial score (nSPS) is 11.8. The highest BCUT2D eigenvalue weighted by atomic mass is 35.5. The lowest BCUT2D eigenvalue weighted by molar-refractivity contribution is -0.890. The zero-order chi connectivity index (χ0) is 21.6. The molecule has 2 radical (unpaired) electrons. The highest BCUT2D eigenvalue weighted by Crippen LogP contribution is 2.13. The number of hydrogen-bond donors (Lipinski definition) is 0. The van der Waals surface area contributed by atoms with Crippen LogP contribution in [-0.2, 0) is 9.47 Å². The van der Waals surface area contributed by atoms with E-state index in [2.05, 4.69) is 21.0 Å². The molecule has 0 bridgehead atoms. The molecule has 0 N–H and O–H groups in total. The number of methoxy groups -OCH3 is 2.